The molecule has 1 aliphatic rings. The minimum atomic E-state index is 0.816. The lowest BCUT2D eigenvalue weighted by molar-refractivity contribution is 1.11. The fourth-order valence-corrected chi connectivity index (χ4v) is 1.61. The van der Waals surface area contributed by atoms with Crippen molar-refractivity contribution in [2.24, 2.45) is 4.99 Å². The van der Waals surface area contributed by atoms with E-state index in [1.807, 2.05) is 12.4 Å². The highest BCUT2D eigenvalue weighted by Crippen LogP contribution is 2.22. The maximum Gasteiger partial charge on any atom is 0.0657 e. The number of aromatic amines is 1. The molecule has 1 aromatic carbocycles. The first-order valence-electron chi connectivity index (χ1n) is 3.90. The van der Waals surface area contributed by atoms with Gasteiger partial charge in [0.05, 0.1) is 18.3 Å². The first-order valence-corrected chi connectivity index (χ1v) is 3.90. The molecule has 0 atom stereocenters. The van der Waals surface area contributed by atoms with Crippen molar-refractivity contribution in [3.63, 3.8) is 0 Å². The van der Waals surface area contributed by atoms with Crippen LogP contribution in [-0.4, -0.2) is 16.4 Å². The summed E-state index contributed by atoms with van der Waals surface area (Å²) in [4.78, 5) is 4.21. The predicted molar refractivity (Wildman–Crippen MR) is 47.4 cm³/mol. The fraction of sp³-hybridized carbons (Fsp3) is 0.111. The van der Waals surface area contributed by atoms with Gasteiger partial charge in [-0.05, 0) is 11.6 Å². The summed E-state index contributed by atoms with van der Waals surface area (Å²) in [6, 6.07) is 4.15. The quantitative estimate of drug-likeness (QED) is 0.618. The van der Waals surface area contributed by atoms with Crippen LogP contribution in [0, 0.1) is 0 Å². The zero-order valence-electron chi connectivity index (χ0n) is 6.41. The largest absolute Gasteiger partial charge is 0.288 e. The molecule has 0 saturated carbocycles. The molecular formula is C9H7N3. The molecule has 1 aromatic heterocycles. The van der Waals surface area contributed by atoms with E-state index >= 15 is 0 Å². The molecule has 0 saturated heterocycles. The predicted octanol–water partition coefficient (Wildman–Crippen LogP) is 1.50. The van der Waals surface area contributed by atoms with E-state index in [1.54, 1.807) is 0 Å². The lowest BCUT2D eigenvalue weighted by atomic mass is 10.1. The van der Waals surface area contributed by atoms with Crippen LogP contribution in [0.25, 0.3) is 10.9 Å². The Labute approximate surface area is 69.1 Å². The first-order chi connectivity index (χ1) is 5.95. The van der Waals surface area contributed by atoms with Crippen molar-refractivity contribution >= 4 is 17.1 Å². The summed E-state index contributed by atoms with van der Waals surface area (Å²) < 4.78 is 0. The van der Waals surface area contributed by atoms with E-state index in [1.165, 1.54) is 16.5 Å². The number of hydrogen-bond acceptors (Lipinski definition) is 2. The summed E-state index contributed by atoms with van der Waals surface area (Å²) in [5.74, 6) is 0. The summed E-state index contributed by atoms with van der Waals surface area (Å²) in [5.41, 5.74) is 3.60. The molecule has 0 aliphatic carbocycles. The van der Waals surface area contributed by atoms with Crippen LogP contribution in [0.3, 0.4) is 0 Å². The Balaban J connectivity index is 2.52. The molecule has 12 heavy (non-hydrogen) atoms. The third kappa shape index (κ3) is 0.605. The van der Waals surface area contributed by atoms with Gasteiger partial charge in [0, 0.05) is 17.2 Å². The Morgan fingerprint density at radius 2 is 2.33 bits per heavy atom. The monoisotopic (exact) mass is 157 g/mol. The molecule has 0 fully saturated rings. The van der Waals surface area contributed by atoms with Crippen molar-refractivity contribution < 1.29 is 0 Å². The molecule has 3 rings (SSSR count). The number of aliphatic imine (C=N–C) groups is 1. The van der Waals surface area contributed by atoms with Gasteiger partial charge >= 0.3 is 0 Å². The maximum atomic E-state index is 4.21. The number of nitrogens with zero attached hydrogens (tertiary/aromatic N) is 2. The van der Waals surface area contributed by atoms with Crippen molar-refractivity contribution in [1.29, 1.82) is 0 Å². The molecule has 3 heteroatoms. The summed E-state index contributed by atoms with van der Waals surface area (Å²) in [5, 5.41) is 8.10. The Bertz CT molecular complexity index is 468. The van der Waals surface area contributed by atoms with E-state index in [0.29, 0.717) is 0 Å². The molecule has 3 nitrogen and oxygen atoms in total. The number of fused-ring (bicyclic) bond motifs is 3. The van der Waals surface area contributed by atoms with Crippen molar-refractivity contribution in [1.82, 2.24) is 10.2 Å². The van der Waals surface area contributed by atoms with Gasteiger partial charge in [0.25, 0.3) is 0 Å². The van der Waals surface area contributed by atoms with Crippen LogP contribution >= 0.6 is 0 Å². The second kappa shape index (κ2) is 1.94. The van der Waals surface area contributed by atoms with Gasteiger partial charge in [0.1, 0.15) is 0 Å². The van der Waals surface area contributed by atoms with Crippen LogP contribution < -0.4 is 0 Å². The number of nitrogens with one attached hydrogen (secondary N) is 1. The van der Waals surface area contributed by atoms with Crippen LogP contribution in [0.5, 0.6) is 0 Å². The topological polar surface area (TPSA) is 41.0 Å². The van der Waals surface area contributed by atoms with Gasteiger partial charge in [-0.25, -0.2) is 0 Å². The standard InChI is InChI=1S/C9H7N3/c1-2-9-8(5-11-12-9)7-4-10-3-6(1)7/h1-2,4-5H,3H2,(H,11,12). The smallest absolute Gasteiger partial charge is 0.0657 e. The van der Waals surface area contributed by atoms with Crippen LogP contribution in [-0.2, 0) is 6.54 Å². The van der Waals surface area contributed by atoms with E-state index in [-0.39, 0.29) is 0 Å². The van der Waals surface area contributed by atoms with E-state index in [0.717, 1.165) is 12.1 Å². The maximum absolute atomic E-state index is 4.21. The number of rotatable bonds is 0. The number of hydrogen-bond donors (Lipinski definition) is 1. The normalized spacial score (nSPS) is 14.0. The Morgan fingerprint density at radius 3 is 3.33 bits per heavy atom. The van der Waals surface area contributed by atoms with Gasteiger partial charge in [0.2, 0.25) is 0 Å². The van der Waals surface area contributed by atoms with E-state index in [4.69, 9.17) is 0 Å². The lowest BCUT2D eigenvalue weighted by Crippen LogP contribution is -1.83. The molecule has 58 valence electrons. The molecule has 0 spiro atoms. The molecule has 2 aromatic rings. The summed E-state index contributed by atoms with van der Waals surface area (Å²) in [6.07, 6.45) is 3.78. The zero-order chi connectivity index (χ0) is 7.97. The molecule has 0 radical (unpaired) electrons. The first kappa shape index (κ1) is 5.94. The van der Waals surface area contributed by atoms with E-state index in [9.17, 15) is 0 Å². The lowest BCUT2D eigenvalue weighted by Gasteiger charge is -1.96. The fourth-order valence-electron chi connectivity index (χ4n) is 1.61. The molecular weight excluding hydrogens is 150 g/mol. The third-order valence-electron chi connectivity index (χ3n) is 2.24. The Hall–Kier alpha value is -1.64. The SMILES string of the molecule is C1=NCc2ccc3[nH]ncc3c21. The zero-order valence-corrected chi connectivity index (χ0v) is 6.41. The third-order valence-corrected chi connectivity index (χ3v) is 2.24. The number of benzene rings is 1. The number of H-pyrrole nitrogens is 1. The summed E-state index contributed by atoms with van der Waals surface area (Å²) in [6.45, 7) is 0.816. The highest BCUT2D eigenvalue weighted by molar-refractivity contribution is 6.01. The van der Waals surface area contributed by atoms with Crippen LogP contribution in [0.4, 0.5) is 0 Å². The van der Waals surface area contributed by atoms with Gasteiger partial charge in [-0.15, -0.1) is 0 Å². The highest BCUT2D eigenvalue weighted by atomic mass is 15.1. The molecule has 1 N–H and O–H groups in total. The highest BCUT2D eigenvalue weighted by Gasteiger charge is 2.10. The van der Waals surface area contributed by atoms with Crippen molar-refractivity contribution in [3.8, 4) is 0 Å². The van der Waals surface area contributed by atoms with Gasteiger partial charge in [-0.1, -0.05) is 6.07 Å². The Kier molecular flexibility index (Phi) is 0.961. The average molecular weight is 157 g/mol. The minimum Gasteiger partial charge on any atom is -0.288 e. The van der Waals surface area contributed by atoms with Gasteiger partial charge in [0.15, 0.2) is 0 Å². The van der Waals surface area contributed by atoms with E-state index < -0.39 is 0 Å². The van der Waals surface area contributed by atoms with Crippen LogP contribution in [0.15, 0.2) is 23.3 Å². The van der Waals surface area contributed by atoms with E-state index in [2.05, 4.69) is 27.3 Å². The molecule has 1 aliphatic heterocycles. The molecule has 2 heterocycles. The van der Waals surface area contributed by atoms with Gasteiger partial charge in [-0.2, -0.15) is 5.10 Å². The number of aromatic nitrogens is 2. The molecule has 0 bridgehead atoms. The minimum absolute atomic E-state index is 0.816. The Morgan fingerprint density at radius 1 is 1.33 bits per heavy atom. The van der Waals surface area contributed by atoms with Crippen molar-refractivity contribution in [2.75, 3.05) is 0 Å². The molecule has 0 unspecified atom stereocenters. The summed E-state index contributed by atoms with van der Waals surface area (Å²) >= 11 is 0. The van der Waals surface area contributed by atoms with Crippen molar-refractivity contribution in [3.05, 3.63) is 29.5 Å². The van der Waals surface area contributed by atoms with Crippen LogP contribution in [0.1, 0.15) is 11.1 Å². The molecule has 0 amide bonds. The van der Waals surface area contributed by atoms with Gasteiger partial charge < -0.3 is 0 Å². The average Bonchev–Trinajstić information content (AvgIpc) is 2.71. The van der Waals surface area contributed by atoms with Crippen LogP contribution in [0.2, 0.25) is 0 Å². The summed E-state index contributed by atoms with van der Waals surface area (Å²) in [7, 11) is 0. The van der Waals surface area contributed by atoms with Crippen molar-refractivity contribution in [2.45, 2.75) is 6.54 Å². The second-order valence-corrected chi connectivity index (χ2v) is 2.94. The van der Waals surface area contributed by atoms with Gasteiger partial charge in [-0.3, -0.25) is 10.1 Å². The second-order valence-electron chi connectivity index (χ2n) is 2.94.